The van der Waals surface area contributed by atoms with Crippen LogP contribution in [0.1, 0.15) is 6.42 Å². The van der Waals surface area contributed by atoms with E-state index in [4.69, 9.17) is 0 Å². The molecule has 0 amide bonds. The lowest BCUT2D eigenvalue weighted by atomic mass is 9.80. The summed E-state index contributed by atoms with van der Waals surface area (Å²) in [5.41, 5.74) is -0.287. The van der Waals surface area contributed by atoms with E-state index in [-0.39, 0.29) is 6.54 Å². The third kappa shape index (κ3) is 1.33. The minimum absolute atomic E-state index is 0.149. The molecular weight excluding hydrogens is 264 g/mol. The van der Waals surface area contributed by atoms with Gasteiger partial charge in [-0.3, -0.25) is 4.90 Å². The molecule has 0 bridgehead atoms. The highest BCUT2D eigenvalue weighted by molar-refractivity contribution is 5.87. The highest BCUT2D eigenvalue weighted by Crippen LogP contribution is 2.49. The van der Waals surface area contributed by atoms with Gasteiger partial charge in [0.25, 0.3) is 5.92 Å². The van der Waals surface area contributed by atoms with Crippen LogP contribution in [0.3, 0.4) is 0 Å². The number of aromatic amines is 1. The molecule has 1 N–H and O–H groups in total. The Bertz CT molecular complexity index is 670. The van der Waals surface area contributed by atoms with Crippen LogP contribution in [0.25, 0.3) is 11.0 Å². The maximum atomic E-state index is 14.0. The van der Waals surface area contributed by atoms with Crippen molar-refractivity contribution in [1.82, 2.24) is 19.9 Å². The van der Waals surface area contributed by atoms with Gasteiger partial charge in [-0.2, -0.15) is 0 Å². The molecule has 0 radical (unpaired) electrons. The Morgan fingerprint density at radius 2 is 2.15 bits per heavy atom. The summed E-state index contributed by atoms with van der Waals surface area (Å²) >= 11 is 0. The summed E-state index contributed by atoms with van der Waals surface area (Å²) in [5.74, 6) is -1.87. The predicted octanol–water partition coefficient (Wildman–Crippen LogP) is 1.49. The monoisotopic (exact) mass is 279 g/mol. The van der Waals surface area contributed by atoms with Crippen LogP contribution >= 0.6 is 0 Å². The van der Waals surface area contributed by atoms with Gasteiger partial charge in [0, 0.05) is 19.3 Å². The first-order valence-electron chi connectivity index (χ1n) is 6.66. The van der Waals surface area contributed by atoms with Gasteiger partial charge < -0.3 is 9.88 Å². The summed E-state index contributed by atoms with van der Waals surface area (Å²) in [6.07, 6.45) is 3.73. The molecule has 2 aliphatic heterocycles. The van der Waals surface area contributed by atoms with E-state index in [0.29, 0.717) is 19.5 Å². The molecule has 2 aromatic heterocycles. The fraction of sp³-hybridized carbons (Fsp3) is 0.538. The lowest BCUT2D eigenvalue weighted by molar-refractivity contribution is -0.226. The maximum Gasteiger partial charge on any atom is 0.280 e. The van der Waals surface area contributed by atoms with Gasteiger partial charge in [-0.05, 0) is 19.5 Å². The lowest BCUT2D eigenvalue weighted by Gasteiger charge is -2.54. The van der Waals surface area contributed by atoms with Crippen LogP contribution in [0.15, 0.2) is 18.6 Å². The van der Waals surface area contributed by atoms with Crippen molar-refractivity contribution in [1.29, 1.82) is 0 Å². The number of hydrogen-bond acceptors (Lipinski definition) is 4. The number of halogens is 2. The summed E-state index contributed by atoms with van der Waals surface area (Å²) in [4.78, 5) is 15.2. The molecule has 4 rings (SSSR count). The number of aromatic nitrogens is 3. The third-order valence-electron chi connectivity index (χ3n) is 4.73. The SMILES string of the molecule is CN1CC(F)(F)[C@@]12CCN(c1ncnc3[nH]ccc13)C2. The van der Waals surface area contributed by atoms with E-state index < -0.39 is 11.5 Å². The second kappa shape index (κ2) is 3.66. The number of anilines is 1. The Labute approximate surface area is 114 Å². The molecule has 2 fully saturated rings. The van der Waals surface area contributed by atoms with E-state index >= 15 is 0 Å². The second-order valence-electron chi connectivity index (χ2n) is 5.70. The first-order valence-corrected chi connectivity index (χ1v) is 6.66. The molecule has 0 aliphatic carbocycles. The molecule has 2 aromatic rings. The zero-order chi connectivity index (χ0) is 14.0. The molecule has 106 valence electrons. The number of likely N-dealkylation sites (tertiary alicyclic amines) is 1. The number of alkyl halides is 2. The number of H-pyrrole nitrogens is 1. The van der Waals surface area contributed by atoms with E-state index in [9.17, 15) is 8.78 Å². The molecule has 4 heterocycles. The topological polar surface area (TPSA) is 48.1 Å². The lowest BCUT2D eigenvalue weighted by Crippen LogP contribution is -2.74. The molecule has 20 heavy (non-hydrogen) atoms. The van der Waals surface area contributed by atoms with Gasteiger partial charge in [-0.1, -0.05) is 0 Å². The molecule has 2 aliphatic rings. The summed E-state index contributed by atoms with van der Waals surface area (Å²) < 4.78 is 28.0. The van der Waals surface area contributed by atoms with Crippen molar-refractivity contribution in [2.75, 3.05) is 31.6 Å². The molecule has 0 aromatic carbocycles. The Hall–Kier alpha value is -1.76. The average molecular weight is 279 g/mol. The van der Waals surface area contributed by atoms with Gasteiger partial charge in [0.05, 0.1) is 11.9 Å². The number of nitrogens with zero attached hydrogens (tertiary/aromatic N) is 4. The quantitative estimate of drug-likeness (QED) is 0.859. The van der Waals surface area contributed by atoms with Gasteiger partial charge in [0.1, 0.15) is 23.3 Å². The summed E-state index contributed by atoms with van der Waals surface area (Å²) in [6.45, 7) is 0.759. The Balaban J connectivity index is 1.71. The normalized spacial score (nSPS) is 29.2. The van der Waals surface area contributed by atoms with E-state index in [2.05, 4.69) is 15.0 Å². The van der Waals surface area contributed by atoms with Crippen LogP contribution in [0.4, 0.5) is 14.6 Å². The van der Waals surface area contributed by atoms with Crippen molar-refractivity contribution < 1.29 is 8.78 Å². The van der Waals surface area contributed by atoms with Crippen LogP contribution in [-0.4, -0.2) is 58.0 Å². The minimum Gasteiger partial charge on any atom is -0.354 e. The first-order chi connectivity index (χ1) is 9.53. The first kappa shape index (κ1) is 12.0. The number of likely N-dealkylation sites (N-methyl/N-ethyl adjacent to an activating group) is 1. The van der Waals surface area contributed by atoms with Crippen molar-refractivity contribution >= 4 is 16.9 Å². The van der Waals surface area contributed by atoms with Gasteiger partial charge >= 0.3 is 0 Å². The standard InChI is InChI=1S/C13H15F2N5/c1-19-7-13(14,15)12(19)3-5-20(6-12)11-9-2-4-16-10(9)17-8-18-11/h2,4,8H,3,5-7H2,1H3,(H,16,17,18)/t12-/m0/s1. The summed E-state index contributed by atoms with van der Waals surface area (Å²) in [6, 6.07) is 1.89. The fourth-order valence-electron chi connectivity index (χ4n) is 3.48. The van der Waals surface area contributed by atoms with Crippen LogP contribution < -0.4 is 4.90 Å². The average Bonchev–Trinajstić information content (AvgIpc) is 3.06. The smallest absolute Gasteiger partial charge is 0.280 e. The van der Waals surface area contributed by atoms with Gasteiger partial charge in [-0.15, -0.1) is 0 Å². The minimum atomic E-state index is -2.61. The molecule has 7 heteroatoms. The van der Waals surface area contributed by atoms with Crippen LogP contribution in [0.2, 0.25) is 0 Å². The molecule has 5 nitrogen and oxygen atoms in total. The van der Waals surface area contributed by atoms with E-state index in [0.717, 1.165) is 16.9 Å². The van der Waals surface area contributed by atoms with Crippen molar-refractivity contribution in [3.63, 3.8) is 0 Å². The number of fused-ring (bicyclic) bond motifs is 1. The van der Waals surface area contributed by atoms with E-state index in [1.807, 2.05) is 11.0 Å². The van der Waals surface area contributed by atoms with Crippen molar-refractivity contribution in [2.24, 2.45) is 0 Å². The molecule has 0 unspecified atom stereocenters. The van der Waals surface area contributed by atoms with Crippen molar-refractivity contribution in [3.8, 4) is 0 Å². The zero-order valence-corrected chi connectivity index (χ0v) is 11.1. The molecular formula is C13H15F2N5. The molecule has 1 spiro atoms. The Kier molecular flexibility index (Phi) is 2.20. The van der Waals surface area contributed by atoms with Crippen molar-refractivity contribution in [2.45, 2.75) is 17.9 Å². The van der Waals surface area contributed by atoms with Crippen LogP contribution in [0, 0.1) is 0 Å². The van der Waals surface area contributed by atoms with E-state index in [1.54, 1.807) is 18.1 Å². The van der Waals surface area contributed by atoms with Crippen molar-refractivity contribution in [3.05, 3.63) is 18.6 Å². The number of nitrogens with one attached hydrogen (secondary N) is 1. The number of hydrogen-bond donors (Lipinski definition) is 1. The van der Waals surface area contributed by atoms with Gasteiger partial charge in [-0.25, -0.2) is 18.7 Å². The van der Waals surface area contributed by atoms with E-state index in [1.165, 1.54) is 6.33 Å². The van der Waals surface area contributed by atoms with Gasteiger partial charge in [0.15, 0.2) is 0 Å². The molecule has 1 atom stereocenters. The van der Waals surface area contributed by atoms with Crippen LogP contribution in [-0.2, 0) is 0 Å². The summed E-state index contributed by atoms with van der Waals surface area (Å²) in [5, 5.41) is 0.884. The van der Waals surface area contributed by atoms with Crippen LogP contribution in [0.5, 0.6) is 0 Å². The molecule has 2 saturated heterocycles. The fourth-order valence-corrected chi connectivity index (χ4v) is 3.48. The molecule has 0 saturated carbocycles. The summed E-state index contributed by atoms with van der Waals surface area (Å²) in [7, 11) is 1.77. The number of rotatable bonds is 1. The largest absolute Gasteiger partial charge is 0.354 e. The third-order valence-corrected chi connectivity index (χ3v) is 4.73. The predicted molar refractivity (Wildman–Crippen MR) is 71.0 cm³/mol. The Morgan fingerprint density at radius 3 is 2.85 bits per heavy atom. The van der Waals surface area contributed by atoms with Gasteiger partial charge in [0.2, 0.25) is 0 Å². The zero-order valence-electron chi connectivity index (χ0n) is 11.1. The maximum absolute atomic E-state index is 14.0. The Morgan fingerprint density at radius 1 is 1.30 bits per heavy atom. The highest BCUT2D eigenvalue weighted by Gasteiger charge is 2.67. The highest BCUT2D eigenvalue weighted by atomic mass is 19.3. The second-order valence-corrected chi connectivity index (χ2v) is 5.70.